The second-order valence-electron chi connectivity index (χ2n) is 3.64. The van der Waals surface area contributed by atoms with Gasteiger partial charge in [0.1, 0.15) is 6.61 Å². The fourth-order valence-electron chi connectivity index (χ4n) is 1.64. The number of esters is 1. The van der Waals surface area contributed by atoms with Crippen LogP contribution in [-0.2, 0) is 14.3 Å². The van der Waals surface area contributed by atoms with E-state index in [1.54, 1.807) is 0 Å². The highest BCUT2D eigenvalue weighted by Crippen LogP contribution is 2.27. The van der Waals surface area contributed by atoms with Crippen molar-refractivity contribution in [3.05, 3.63) is 0 Å². The summed E-state index contributed by atoms with van der Waals surface area (Å²) in [5.41, 5.74) is -1.45. The summed E-state index contributed by atoms with van der Waals surface area (Å²) in [7, 11) is 1.14. The first kappa shape index (κ1) is 13.2. The highest BCUT2D eigenvalue weighted by atomic mass is 19.4. The maximum absolute atomic E-state index is 12.1. The summed E-state index contributed by atoms with van der Waals surface area (Å²) in [5.74, 6) is -0.738. The Morgan fingerprint density at radius 1 is 1.38 bits per heavy atom. The molecule has 0 aliphatic carbocycles. The molecule has 0 saturated carbocycles. The maximum atomic E-state index is 12.1. The smallest absolute Gasteiger partial charge is 0.411 e. The molecule has 0 aromatic rings. The molecule has 1 fully saturated rings. The highest BCUT2D eigenvalue weighted by Gasteiger charge is 2.44. The van der Waals surface area contributed by atoms with E-state index in [9.17, 15) is 18.0 Å². The number of nitrogens with one attached hydrogen (secondary N) is 1. The predicted octanol–water partition coefficient (Wildman–Crippen LogP) is 0.860. The molecule has 94 valence electrons. The summed E-state index contributed by atoms with van der Waals surface area (Å²) in [6, 6.07) is 0. The van der Waals surface area contributed by atoms with E-state index in [-0.39, 0.29) is 12.8 Å². The molecule has 0 aromatic heterocycles. The number of hydrogen-bond acceptors (Lipinski definition) is 4. The topological polar surface area (TPSA) is 47.6 Å². The normalized spacial score (nSPS) is 20.5. The molecule has 4 nitrogen and oxygen atoms in total. The Hall–Kier alpha value is -0.820. The van der Waals surface area contributed by atoms with Crippen LogP contribution in [0.2, 0.25) is 0 Å². The first-order valence-corrected chi connectivity index (χ1v) is 4.89. The van der Waals surface area contributed by atoms with Crippen LogP contribution >= 0.6 is 0 Å². The van der Waals surface area contributed by atoms with Gasteiger partial charge in [-0.1, -0.05) is 0 Å². The van der Waals surface area contributed by atoms with Crippen molar-refractivity contribution in [2.75, 3.05) is 26.8 Å². The largest absolute Gasteiger partial charge is 0.467 e. The summed E-state index contributed by atoms with van der Waals surface area (Å²) in [4.78, 5) is 11.5. The van der Waals surface area contributed by atoms with Crippen LogP contribution in [0.3, 0.4) is 0 Å². The van der Waals surface area contributed by atoms with E-state index in [0.29, 0.717) is 13.1 Å². The van der Waals surface area contributed by atoms with Crippen molar-refractivity contribution in [1.82, 2.24) is 5.32 Å². The van der Waals surface area contributed by atoms with Crippen LogP contribution in [0.25, 0.3) is 0 Å². The molecule has 1 rings (SSSR count). The molecule has 7 heteroatoms. The van der Waals surface area contributed by atoms with Gasteiger partial charge in [-0.25, -0.2) is 4.79 Å². The lowest BCUT2D eigenvalue weighted by Gasteiger charge is -2.34. The Bertz CT molecular complexity index is 249. The molecular formula is C9H14F3NO3. The van der Waals surface area contributed by atoms with Gasteiger partial charge >= 0.3 is 12.1 Å². The summed E-state index contributed by atoms with van der Waals surface area (Å²) in [5, 5.41) is 2.95. The number of methoxy groups -OCH3 is 1. The van der Waals surface area contributed by atoms with Crippen molar-refractivity contribution in [3.8, 4) is 0 Å². The van der Waals surface area contributed by atoms with Crippen LogP contribution in [0.5, 0.6) is 0 Å². The van der Waals surface area contributed by atoms with Crippen LogP contribution in [0.15, 0.2) is 0 Å². The standard InChI is InChI=1S/C9H14F3NO3/c1-15-7(14)8(2-4-13-5-3-8)16-6-9(10,11)12/h13H,2-6H2,1H3. The third-order valence-electron chi connectivity index (χ3n) is 2.48. The van der Waals surface area contributed by atoms with Crippen LogP contribution in [0.4, 0.5) is 13.2 Å². The monoisotopic (exact) mass is 241 g/mol. The summed E-state index contributed by atoms with van der Waals surface area (Å²) < 4.78 is 45.4. The molecule has 1 saturated heterocycles. The molecule has 0 bridgehead atoms. The van der Waals surface area contributed by atoms with Gasteiger partial charge < -0.3 is 14.8 Å². The number of rotatable bonds is 3. The Morgan fingerprint density at radius 2 is 1.94 bits per heavy atom. The second kappa shape index (κ2) is 5.01. The van der Waals surface area contributed by atoms with Gasteiger partial charge in [-0.15, -0.1) is 0 Å². The minimum absolute atomic E-state index is 0.190. The molecule has 1 N–H and O–H groups in total. The van der Waals surface area contributed by atoms with E-state index in [1.165, 1.54) is 0 Å². The summed E-state index contributed by atoms with van der Waals surface area (Å²) >= 11 is 0. The Labute approximate surface area is 91.1 Å². The zero-order valence-electron chi connectivity index (χ0n) is 8.89. The molecule has 0 unspecified atom stereocenters. The predicted molar refractivity (Wildman–Crippen MR) is 48.9 cm³/mol. The van der Waals surface area contributed by atoms with Gasteiger partial charge in [-0.2, -0.15) is 13.2 Å². The molecule has 1 heterocycles. The Kier molecular flexibility index (Phi) is 4.15. The average Bonchev–Trinajstić information content (AvgIpc) is 2.25. The van der Waals surface area contributed by atoms with Gasteiger partial charge in [0.15, 0.2) is 5.60 Å². The lowest BCUT2D eigenvalue weighted by molar-refractivity contribution is -0.218. The van der Waals surface area contributed by atoms with Crippen molar-refractivity contribution in [2.45, 2.75) is 24.6 Å². The van der Waals surface area contributed by atoms with Gasteiger partial charge in [0.25, 0.3) is 0 Å². The number of hydrogen-bond donors (Lipinski definition) is 1. The van der Waals surface area contributed by atoms with Crippen molar-refractivity contribution >= 4 is 5.97 Å². The number of carbonyl (C=O) groups excluding carboxylic acids is 1. The fraction of sp³-hybridized carbons (Fsp3) is 0.889. The maximum Gasteiger partial charge on any atom is 0.411 e. The van der Waals surface area contributed by atoms with Crippen LogP contribution < -0.4 is 5.32 Å². The third kappa shape index (κ3) is 3.34. The van der Waals surface area contributed by atoms with Gasteiger partial charge in [-0.3, -0.25) is 0 Å². The van der Waals surface area contributed by atoms with Crippen LogP contribution in [-0.4, -0.2) is 44.6 Å². The zero-order valence-corrected chi connectivity index (χ0v) is 8.89. The minimum Gasteiger partial charge on any atom is -0.467 e. The van der Waals surface area contributed by atoms with Crippen molar-refractivity contribution in [1.29, 1.82) is 0 Å². The molecule has 0 atom stereocenters. The van der Waals surface area contributed by atoms with Gasteiger partial charge in [0.2, 0.25) is 0 Å². The first-order chi connectivity index (χ1) is 7.40. The van der Waals surface area contributed by atoms with E-state index in [2.05, 4.69) is 10.1 Å². The third-order valence-corrected chi connectivity index (χ3v) is 2.48. The molecule has 0 spiro atoms. The molecule has 0 amide bonds. The lowest BCUT2D eigenvalue weighted by atomic mass is 9.92. The molecular weight excluding hydrogens is 227 g/mol. The van der Waals surface area contributed by atoms with E-state index < -0.39 is 24.4 Å². The Balaban J connectivity index is 2.67. The van der Waals surface area contributed by atoms with Crippen molar-refractivity contribution in [3.63, 3.8) is 0 Å². The number of alkyl halides is 3. The Morgan fingerprint density at radius 3 is 2.38 bits per heavy atom. The van der Waals surface area contributed by atoms with Gasteiger partial charge in [-0.05, 0) is 25.9 Å². The summed E-state index contributed by atoms with van der Waals surface area (Å²) in [6.45, 7) is -0.554. The van der Waals surface area contributed by atoms with E-state index >= 15 is 0 Å². The first-order valence-electron chi connectivity index (χ1n) is 4.89. The van der Waals surface area contributed by atoms with Gasteiger partial charge in [0, 0.05) is 0 Å². The molecule has 16 heavy (non-hydrogen) atoms. The number of carbonyl (C=O) groups is 1. The van der Waals surface area contributed by atoms with Crippen LogP contribution in [0.1, 0.15) is 12.8 Å². The molecule has 0 radical (unpaired) electrons. The van der Waals surface area contributed by atoms with E-state index in [1.807, 2.05) is 0 Å². The van der Waals surface area contributed by atoms with Gasteiger partial charge in [0.05, 0.1) is 7.11 Å². The average molecular weight is 241 g/mol. The number of ether oxygens (including phenoxy) is 2. The minimum atomic E-state index is -4.44. The van der Waals surface area contributed by atoms with E-state index in [0.717, 1.165) is 7.11 Å². The fourth-order valence-corrected chi connectivity index (χ4v) is 1.64. The van der Waals surface area contributed by atoms with E-state index in [4.69, 9.17) is 4.74 Å². The lowest BCUT2D eigenvalue weighted by Crippen LogP contribution is -2.51. The SMILES string of the molecule is COC(=O)C1(OCC(F)(F)F)CCNCC1. The quantitative estimate of drug-likeness (QED) is 0.744. The molecule has 0 aromatic carbocycles. The second-order valence-corrected chi connectivity index (χ2v) is 3.64. The number of halogens is 3. The molecule has 1 aliphatic rings. The van der Waals surface area contributed by atoms with Crippen LogP contribution in [0, 0.1) is 0 Å². The van der Waals surface area contributed by atoms with Crippen molar-refractivity contribution in [2.24, 2.45) is 0 Å². The molecule has 1 aliphatic heterocycles. The highest BCUT2D eigenvalue weighted by molar-refractivity contribution is 5.79. The summed E-state index contributed by atoms with van der Waals surface area (Å²) in [6.07, 6.45) is -4.06. The van der Waals surface area contributed by atoms with Crippen molar-refractivity contribution < 1.29 is 27.4 Å². The number of piperidine rings is 1. The zero-order chi connectivity index (χ0) is 12.2.